The fourth-order valence-electron chi connectivity index (χ4n) is 8.06. The van der Waals surface area contributed by atoms with Crippen LogP contribution in [0, 0.1) is 29.1 Å². The van der Waals surface area contributed by atoms with Crippen molar-refractivity contribution in [1.29, 1.82) is 5.26 Å². The van der Waals surface area contributed by atoms with E-state index in [1.54, 1.807) is 0 Å². The van der Waals surface area contributed by atoms with E-state index in [1.165, 1.54) is 48.4 Å². The Morgan fingerprint density at radius 2 is 1.37 bits per heavy atom. The van der Waals surface area contributed by atoms with Crippen LogP contribution in [0.3, 0.4) is 0 Å². The molecule has 3 heteroatoms. The molecule has 0 N–H and O–H groups in total. The van der Waals surface area contributed by atoms with E-state index in [9.17, 15) is 5.26 Å². The number of benzene rings is 4. The largest absolute Gasteiger partial charge is 0.228 e. The lowest BCUT2D eigenvalue weighted by Gasteiger charge is -2.50. The van der Waals surface area contributed by atoms with Crippen LogP contribution in [0.15, 0.2) is 97.1 Å². The predicted octanol–water partition coefficient (Wildman–Crippen LogP) is 9.61. The van der Waals surface area contributed by atoms with Crippen LogP contribution in [0.25, 0.3) is 44.7 Å². The first kappa shape index (κ1) is 25.7. The number of nitriles is 1. The zero-order chi connectivity index (χ0) is 28.0. The molecule has 2 fully saturated rings. The van der Waals surface area contributed by atoms with Crippen molar-refractivity contribution >= 4 is 10.8 Å². The molecule has 202 valence electrons. The minimum absolute atomic E-state index is 0.311. The van der Waals surface area contributed by atoms with Gasteiger partial charge in [-0.05, 0) is 102 Å². The average molecular weight is 534 g/mol. The molecule has 0 spiro atoms. The Hall–Kier alpha value is -4.29. The number of rotatable bonds is 4. The summed E-state index contributed by atoms with van der Waals surface area (Å²) >= 11 is 0. The van der Waals surface area contributed by atoms with E-state index in [-0.39, 0.29) is 0 Å². The van der Waals surface area contributed by atoms with Crippen LogP contribution in [-0.4, -0.2) is 9.97 Å². The van der Waals surface area contributed by atoms with Crippen LogP contribution in [0.4, 0.5) is 0 Å². The van der Waals surface area contributed by atoms with Gasteiger partial charge in [0.05, 0.1) is 23.0 Å². The number of fused-ring (bicyclic) bond motifs is 3. The van der Waals surface area contributed by atoms with Crippen LogP contribution in [-0.2, 0) is 5.41 Å². The van der Waals surface area contributed by atoms with Crippen molar-refractivity contribution in [1.82, 2.24) is 9.97 Å². The summed E-state index contributed by atoms with van der Waals surface area (Å²) in [6.07, 6.45) is 6.71. The van der Waals surface area contributed by atoms with Crippen LogP contribution < -0.4 is 0 Å². The van der Waals surface area contributed by atoms with Gasteiger partial charge in [-0.15, -0.1) is 0 Å². The molecule has 4 atom stereocenters. The molecule has 0 amide bonds. The average Bonchev–Trinajstić information content (AvgIpc) is 3.00. The molecule has 0 saturated heterocycles. The van der Waals surface area contributed by atoms with Crippen molar-refractivity contribution < 1.29 is 0 Å². The highest BCUT2D eigenvalue weighted by molar-refractivity contribution is 5.96. The summed E-state index contributed by atoms with van der Waals surface area (Å²) in [5, 5.41) is 11.7. The Balaban J connectivity index is 1.33. The van der Waals surface area contributed by atoms with Crippen LogP contribution in [0.2, 0.25) is 0 Å². The van der Waals surface area contributed by atoms with E-state index in [0.717, 1.165) is 45.8 Å². The van der Waals surface area contributed by atoms with Crippen molar-refractivity contribution in [3.05, 3.63) is 108 Å². The fraction of sp³-hybridized carbons (Fsp3) is 0.289. The molecular formula is C38H35N3. The smallest absolute Gasteiger partial charge is 0.160 e. The Morgan fingerprint density at radius 3 is 2.10 bits per heavy atom. The normalized spacial score (nSPS) is 23.7. The number of nitrogens with zero attached hydrogens (tertiary/aromatic N) is 3. The molecule has 2 bridgehead atoms. The maximum Gasteiger partial charge on any atom is 0.160 e. The van der Waals surface area contributed by atoms with Gasteiger partial charge in [0.1, 0.15) is 0 Å². The Labute approximate surface area is 242 Å². The highest BCUT2D eigenvalue weighted by atomic mass is 14.9. The summed E-state index contributed by atoms with van der Waals surface area (Å²) in [5.41, 5.74) is 7.36. The summed E-state index contributed by atoms with van der Waals surface area (Å²) in [5.74, 6) is 3.12. The van der Waals surface area contributed by atoms with Crippen LogP contribution in [0.1, 0.15) is 57.1 Å². The van der Waals surface area contributed by atoms with Gasteiger partial charge < -0.3 is 0 Å². The minimum atomic E-state index is 0.311. The van der Waals surface area contributed by atoms with Crippen molar-refractivity contribution in [2.45, 2.75) is 51.4 Å². The van der Waals surface area contributed by atoms with Gasteiger partial charge in [0.15, 0.2) is 5.82 Å². The molecular weight excluding hydrogens is 498 g/mol. The predicted molar refractivity (Wildman–Crippen MR) is 167 cm³/mol. The molecule has 0 radical (unpaired) electrons. The lowest BCUT2D eigenvalue weighted by Crippen LogP contribution is -2.42. The lowest BCUT2D eigenvalue weighted by atomic mass is 9.54. The zero-order valence-corrected chi connectivity index (χ0v) is 23.8. The molecule has 2 aliphatic rings. The molecule has 1 heterocycles. The minimum Gasteiger partial charge on any atom is -0.228 e. The maximum atomic E-state index is 9.30. The lowest BCUT2D eigenvalue weighted by molar-refractivity contribution is 0.0780. The zero-order valence-electron chi connectivity index (χ0n) is 23.8. The van der Waals surface area contributed by atoms with Crippen LogP contribution in [0.5, 0.6) is 0 Å². The Kier molecular flexibility index (Phi) is 6.43. The standard InChI is InChI=1S/C38H35N3/c1-25-18-28-19-26(2)22-38(21-25,23-28)32-16-14-30(15-17-32)35-20-36(34-9-5-7-29-6-3-4-8-33(29)34)41-37(40-35)31-12-10-27(24-39)11-13-31/h3-17,20,25-26,28H,18-19,21-23H2,1-2H3/t25-,26+,28-,38?. The first-order valence-electron chi connectivity index (χ1n) is 15.0. The summed E-state index contributed by atoms with van der Waals surface area (Å²) in [7, 11) is 0. The molecule has 0 aliphatic heterocycles. The first-order valence-corrected chi connectivity index (χ1v) is 15.0. The number of hydrogen-bond donors (Lipinski definition) is 0. The summed E-state index contributed by atoms with van der Waals surface area (Å²) in [4.78, 5) is 10.1. The van der Waals surface area contributed by atoms with E-state index in [0.29, 0.717) is 16.8 Å². The number of hydrogen-bond acceptors (Lipinski definition) is 3. The topological polar surface area (TPSA) is 49.6 Å². The van der Waals surface area contributed by atoms with Crippen molar-refractivity contribution in [3.8, 4) is 40.0 Å². The second-order valence-electron chi connectivity index (χ2n) is 12.7. The van der Waals surface area contributed by atoms with Crippen molar-refractivity contribution in [2.24, 2.45) is 17.8 Å². The molecule has 1 aromatic heterocycles. The second kappa shape index (κ2) is 10.3. The third-order valence-corrected chi connectivity index (χ3v) is 9.49. The summed E-state index contributed by atoms with van der Waals surface area (Å²) in [6, 6.07) is 36.0. The molecule has 1 unspecified atom stereocenters. The van der Waals surface area contributed by atoms with E-state index in [1.807, 2.05) is 24.3 Å². The van der Waals surface area contributed by atoms with Gasteiger partial charge in [0.25, 0.3) is 0 Å². The molecule has 2 saturated carbocycles. The van der Waals surface area contributed by atoms with Crippen molar-refractivity contribution in [3.63, 3.8) is 0 Å². The first-order chi connectivity index (χ1) is 20.0. The SMILES string of the molecule is C[C@@H]1C[C@@H]2C[C@H](C)CC(c3ccc(-c4cc(-c5cccc6ccccc56)nc(-c5ccc(C#N)cc5)n4)cc3)(C1)C2. The van der Waals surface area contributed by atoms with Gasteiger partial charge in [-0.3, -0.25) is 0 Å². The van der Waals surface area contributed by atoms with Gasteiger partial charge in [-0.1, -0.05) is 80.6 Å². The van der Waals surface area contributed by atoms with Gasteiger partial charge in [0, 0.05) is 16.7 Å². The Morgan fingerprint density at radius 1 is 0.707 bits per heavy atom. The van der Waals surface area contributed by atoms with Gasteiger partial charge in [0.2, 0.25) is 0 Å². The van der Waals surface area contributed by atoms with E-state index < -0.39 is 0 Å². The van der Waals surface area contributed by atoms with Gasteiger partial charge in [-0.2, -0.15) is 5.26 Å². The second-order valence-corrected chi connectivity index (χ2v) is 12.7. The van der Waals surface area contributed by atoms with Crippen molar-refractivity contribution in [2.75, 3.05) is 0 Å². The molecule has 5 aromatic rings. The molecule has 3 nitrogen and oxygen atoms in total. The van der Waals surface area contributed by atoms with E-state index >= 15 is 0 Å². The van der Waals surface area contributed by atoms with E-state index in [2.05, 4.69) is 92.7 Å². The molecule has 7 rings (SSSR count). The highest BCUT2D eigenvalue weighted by Gasteiger charge is 2.45. The van der Waals surface area contributed by atoms with Gasteiger partial charge in [-0.25, -0.2) is 9.97 Å². The third-order valence-electron chi connectivity index (χ3n) is 9.49. The quantitative estimate of drug-likeness (QED) is 0.231. The maximum absolute atomic E-state index is 9.30. The van der Waals surface area contributed by atoms with Crippen LogP contribution >= 0.6 is 0 Å². The molecule has 4 aromatic carbocycles. The monoisotopic (exact) mass is 533 g/mol. The Bertz CT molecular complexity index is 1740. The van der Waals surface area contributed by atoms with E-state index in [4.69, 9.17) is 9.97 Å². The summed E-state index contributed by atoms with van der Waals surface area (Å²) in [6.45, 7) is 4.90. The van der Waals surface area contributed by atoms with Gasteiger partial charge >= 0.3 is 0 Å². The molecule has 41 heavy (non-hydrogen) atoms. The third kappa shape index (κ3) is 4.82. The highest BCUT2D eigenvalue weighted by Crippen LogP contribution is 2.54. The fourth-order valence-corrected chi connectivity index (χ4v) is 8.06. The number of aromatic nitrogens is 2. The summed E-state index contributed by atoms with van der Waals surface area (Å²) < 4.78 is 0. The molecule has 2 aliphatic carbocycles.